The van der Waals surface area contributed by atoms with Gasteiger partial charge in [0, 0.05) is 31.5 Å². The van der Waals surface area contributed by atoms with Crippen molar-refractivity contribution in [1.29, 1.82) is 0 Å². The normalized spacial score (nSPS) is 22.2. The standard InChI is InChI=1S/C22H38N2O2/c1-7-10-20(23-14-13-16(3)8-2)18(5)24(6)22(26)12-9-11-21(25)19-15-17(19)4/h10,13-14,16-19,23H,7-9,11-12,15H2,1-6H3/b14-13+,20-10-. The van der Waals surface area contributed by atoms with Crippen LogP contribution in [-0.4, -0.2) is 29.7 Å². The van der Waals surface area contributed by atoms with Crippen molar-refractivity contribution < 1.29 is 9.59 Å². The van der Waals surface area contributed by atoms with Gasteiger partial charge in [0.25, 0.3) is 0 Å². The maximum atomic E-state index is 12.5. The van der Waals surface area contributed by atoms with E-state index >= 15 is 0 Å². The van der Waals surface area contributed by atoms with Gasteiger partial charge in [-0.15, -0.1) is 0 Å². The Labute approximate surface area is 160 Å². The molecule has 148 valence electrons. The molecule has 26 heavy (non-hydrogen) atoms. The quantitative estimate of drug-likeness (QED) is 0.549. The van der Waals surface area contributed by atoms with E-state index < -0.39 is 0 Å². The Bertz CT molecular complexity index is 524. The molecule has 4 unspecified atom stereocenters. The molecular formula is C22H38N2O2. The summed E-state index contributed by atoms with van der Waals surface area (Å²) in [5.74, 6) is 1.79. The molecule has 0 aromatic rings. The molecule has 0 aromatic carbocycles. The Morgan fingerprint density at radius 3 is 2.42 bits per heavy atom. The molecule has 4 nitrogen and oxygen atoms in total. The minimum absolute atomic E-state index is 0.0109. The molecule has 1 N–H and O–H groups in total. The summed E-state index contributed by atoms with van der Waals surface area (Å²) in [6, 6.07) is -0.0109. The minimum Gasteiger partial charge on any atom is -0.364 e. The summed E-state index contributed by atoms with van der Waals surface area (Å²) < 4.78 is 0. The van der Waals surface area contributed by atoms with Crippen LogP contribution in [0.1, 0.15) is 73.1 Å². The highest BCUT2D eigenvalue weighted by atomic mass is 16.2. The van der Waals surface area contributed by atoms with E-state index in [1.54, 1.807) is 4.90 Å². The van der Waals surface area contributed by atoms with Crippen molar-refractivity contribution in [2.75, 3.05) is 7.05 Å². The molecule has 1 fully saturated rings. The number of ketones is 1. The van der Waals surface area contributed by atoms with E-state index in [1.165, 1.54) is 0 Å². The first kappa shape index (κ1) is 22.5. The predicted molar refractivity (Wildman–Crippen MR) is 108 cm³/mol. The van der Waals surface area contributed by atoms with E-state index in [4.69, 9.17) is 0 Å². The second-order valence-corrected chi connectivity index (χ2v) is 7.78. The summed E-state index contributed by atoms with van der Waals surface area (Å²) in [6.07, 6.45) is 11.0. The van der Waals surface area contributed by atoms with E-state index in [-0.39, 0.29) is 17.9 Å². The van der Waals surface area contributed by atoms with Gasteiger partial charge in [0.15, 0.2) is 0 Å². The Balaban J connectivity index is 2.48. The molecule has 1 saturated carbocycles. The predicted octanol–water partition coefficient (Wildman–Crippen LogP) is 4.67. The van der Waals surface area contributed by atoms with Crippen LogP contribution in [0, 0.1) is 17.8 Å². The van der Waals surface area contributed by atoms with Gasteiger partial charge in [0.1, 0.15) is 5.78 Å². The third kappa shape index (κ3) is 7.35. The van der Waals surface area contributed by atoms with E-state index in [2.05, 4.69) is 45.2 Å². The zero-order valence-electron chi connectivity index (χ0n) is 17.5. The zero-order valence-corrected chi connectivity index (χ0v) is 17.5. The van der Waals surface area contributed by atoms with Gasteiger partial charge in [-0.1, -0.05) is 46.3 Å². The number of hydrogen-bond donors (Lipinski definition) is 1. The van der Waals surface area contributed by atoms with Crippen molar-refractivity contribution in [3.63, 3.8) is 0 Å². The molecule has 4 atom stereocenters. The van der Waals surface area contributed by atoms with Gasteiger partial charge in [-0.25, -0.2) is 0 Å². The maximum absolute atomic E-state index is 12.5. The molecule has 0 radical (unpaired) electrons. The Morgan fingerprint density at radius 2 is 1.88 bits per heavy atom. The molecule has 0 heterocycles. The largest absolute Gasteiger partial charge is 0.364 e. The molecule has 1 amide bonds. The van der Waals surface area contributed by atoms with Crippen molar-refractivity contribution in [2.24, 2.45) is 17.8 Å². The molecule has 0 aromatic heterocycles. The van der Waals surface area contributed by atoms with Gasteiger partial charge >= 0.3 is 0 Å². The minimum atomic E-state index is -0.0109. The molecule has 0 spiro atoms. The Hall–Kier alpha value is -1.58. The van der Waals surface area contributed by atoms with Gasteiger partial charge in [0.2, 0.25) is 5.91 Å². The van der Waals surface area contributed by atoms with Gasteiger partial charge in [-0.2, -0.15) is 0 Å². The highest BCUT2D eigenvalue weighted by Gasteiger charge is 2.38. The number of hydrogen-bond acceptors (Lipinski definition) is 3. The molecular weight excluding hydrogens is 324 g/mol. The van der Waals surface area contributed by atoms with Crippen LogP contribution in [0.2, 0.25) is 0 Å². The van der Waals surface area contributed by atoms with Gasteiger partial charge < -0.3 is 10.2 Å². The number of nitrogens with one attached hydrogen (secondary N) is 1. The summed E-state index contributed by atoms with van der Waals surface area (Å²) in [5, 5.41) is 3.36. The number of amides is 1. The molecule has 1 aliphatic rings. The number of likely N-dealkylation sites (N-methyl/N-ethyl adjacent to an activating group) is 1. The fourth-order valence-electron chi connectivity index (χ4n) is 2.99. The molecule has 0 aliphatic heterocycles. The number of carbonyl (C=O) groups excluding carboxylic acids is 2. The van der Waals surface area contributed by atoms with Gasteiger partial charge in [-0.3, -0.25) is 9.59 Å². The van der Waals surface area contributed by atoms with Crippen LogP contribution in [0.25, 0.3) is 0 Å². The van der Waals surface area contributed by atoms with Crippen molar-refractivity contribution in [3.05, 3.63) is 24.0 Å². The Morgan fingerprint density at radius 1 is 1.23 bits per heavy atom. The third-order valence-corrected chi connectivity index (χ3v) is 5.50. The summed E-state index contributed by atoms with van der Waals surface area (Å²) in [4.78, 5) is 26.2. The summed E-state index contributed by atoms with van der Waals surface area (Å²) in [5.41, 5.74) is 1.05. The van der Waals surface area contributed by atoms with Crippen molar-refractivity contribution in [3.8, 4) is 0 Å². The highest BCUT2D eigenvalue weighted by Crippen LogP contribution is 2.39. The Kier molecular flexibility index (Phi) is 9.68. The topological polar surface area (TPSA) is 49.4 Å². The number of Topliss-reactive ketones (excluding diaryl/α,β-unsaturated/α-hetero) is 1. The first-order valence-electron chi connectivity index (χ1n) is 10.2. The fourth-order valence-corrected chi connectivity index (χ4v) is 2.99. The van der Waals surface area contributed by atoms with E-state index in [0.29, 0.717) is 36.9 Å². The second-order valence-electron chi connectivity index (χ2n) is 7.78. The number of nitrogens with zero attached hydrogens (tertiary/aromatic N) is 1. The zero-order chi connectivity index (χ0) is 19.7. The maximum Gasteiger partial charge on any atom is 0.222 e. The van der Waals surface area contributed by atoms with E-state index in [9.17, 15) is 9.59 Å². The van der Waals surface area contributed by atoms with Crippen molar-refractivity contribution in [2.45, 2.75) is 79.2 Å². The summed E-state index contributed by atoms with van der Waals surface area (Å²) in [7, 11) is 1.85. The smallest absolute Gasteiger partial charge is 0.222 e. The highest BCUT2D eigenvalue weighted by molar-refractivity contribution is 5.84. The third-order valence-electron chi connectivity index (χ3n) is 5.50. The van der Waals surface area contributed by atoms with Crippen LogP contribution in [0.3, 0.4) is 0 Å². The van der Waals surface area contributed by atoms with Crippen LogP contribution < -0.4 is 5.32 Å². The van der Waals surface area contributed by atoms with E-state index in [1.807, 2.05) is 20.2 Å². The summed E-state index contributed by atoms with van der Waals surface area (Å²) in [6.45, 7) is 10.6. The molecule has 0 saturated heterocycles. The number of carbonyl (C=O) groups is 2. The fraction of sp³-hybridized carbons (Fsp3) is 0.727. The second kappa shape index (κ2) is 11.2. The SMILES string of the molecule is CC/C=C(\N/C=C/C(C)CC)C(C)N(C)C(=O)CCCC(=O)C1CC1C. The van der Waals surface area contributed by atoms with E-state index in [0.717, 1.165) is 25.0 Å². The average Bonchev–Trinajstić information content (AvgIpc) is 3.36. The van der Waals surface area contributed by atoms with Crippen LogP contribution in [0.15, 0.2) is 24.0 Å². The van der Waals surface area contributed by atoms with Crippen molar-refractivity contribution >= 4 is 11.7 Å². The molecule has 1 rings (SSSR count). The lowest BCUT2D eigenvalue weighted by Crippen LogP contribution is -2.39. The molecule has 1 aliphatic carbocycles. The lowest BCUT2D eigenvalue weighted by molar-refractivity contribution is -0.131. The van der Waals surface area contributed by atoms with Crippen LogP contribution in [0.5, 0.6) is 0 Å². The summed E-state index contributed by atoms with van der Waals surface area (Å²) >= 11 is 0. The number of rotatable bonds is 12. The van der Waals surface area contributed by atoms with Gasteiger partial charge in [-0.05, 0) is 44.2 Å². The first-order valence-corrected chi connectivity index (χ1v) is 10.2. The van der Waals surface area contributed by atoms with Crippen LogP contribution in [-0.2, 0) is 9.59 Å². The monoisotopic (exact) mass is 362 g/mol. The van der Waals surface area contributed by atoms with Crippen LogP contribution >= 0.6 is 0 Å². The van der Waals surface area contributed by atoms with Crippen molar-refractivity contribution in [1.82, 2.24) is 10.2 Å². The van der Waals surface area contributed by atoms with Gasteiger partial charge in [0.05, 0.1) is 6.04 Å². The average molecular weight is 363 g/mol. The lowest BCUT2D eigenvalue weighted by Gasteiger charge is -2.27. The molecule has 0 bridgehead atoms. The lowest BCUT2D eigenvalue weighted by atomic mass is 10.1. The van der Waals surface area contributed by atoms with Crippen LogP contribution in [0.4, 0.5) is 0 Å². The first-order chi connectivity index (χ1) is 12.3. The number of allylic oxidation sites excluding steroid dienone is 2. The molecule has 4 heteroatoms.